The van der Waals surface area contributed by atoms with E-state index < -0.39 is 0 Å². The minimum absolute atomic E-state index is 0.255. The largest absolute Gasteiger partial charge is 0.359 e. The van der Waals surface area contributed by atoms with Crippen LogP contribution >= 0.6 is 12.2 Å². The summed E-state index contributed by atoms with van der Waals surface area (Å²) >= 11 is 5.39. The summed E-state index contributed by atoms with van der Waals surface area (Å²) < 4.78 is 13.2. The van der Waals surface area contributed by atoms with Gasteiger partial charge in [0.1, 0.15) is 5.82 Å². The van der Waals surface area contributed by atoms with E-state index in [1.807, 2.05) is 6.07 Å². The summed E-state index contributed by atoms with van der Waals surface area (Å²) in [6.07, 6.45) is 3.69. The van der Waals surface area contributed by atoms with Gasteiger partial charge in [0.2, 0.25) is 0 Å². The molecule has 1 aliphatic rings. The highest BCUT2D eigenvalue weighted by Crippen LogP contribution is 2.33. The molecule has 3 atom stereocenters. The Balaban J connectivity index is 1.96. The van der Waals surface area contributed by atoms with Crippen LogP contribution in [0.25, 0.3) is 0 Å². The van der Waals surface area contributed by atoms with Crippen LogP contribution in [0.1, 0.15) is 40.0 Å². The standard InChI is InChI=1S/C17H25FN2S/c1-11(2)15-8-7-12(3)9-16(15)20-17(21)19-14-6-4-5-13(18)10-14/h4-6,10-12,15-16H,7-9H2,1-3H3,(H2,19,20,21)/t12-,15-,16-/m0/s1. The van der Waals surface area contributed by atoms with Crippen molar-refractivity contribution < 1.29 is 4.39 Å². The Morgan fingerprint density at radius 3 is 2.76 bits per heavy atom. The highest BCUT2D eigenvalue weighted by molar-refractivity contribution is 7.80. The Morgan fingerprint density at radius 1 is 1.33 bits per heavy atom. The van der Waals surface area contributed by atoms with E-state index in [4.69, 9.17) is 12.2 Å². The van der Waals surface area contributed by atoms with Crippen molar-refractivity contribution in [2.75, 3.05) is 5.32 Å². The zero-order valence-corrected chi connectivity index (χ0v) is 13.8. The van der Waals surface area contributed by atoms with Crippen LogP contribution in [-0.4, -0.2) is 11.2 Å². The van der Waals surface area contributed by atoms with Gasteiger partial charge in [-0.25, -0.2) is 4.39 Å². The highest BCUT2D eigenvalue weighted by atomic mass is 32.1. The lowest BCUT2D eigenvalue weighted by molar-refractivity contribution is 0.186. The summed E-state index contributed by atoms with van der Waals surface area (Å²) in [4.78, 5) is 0. The third-order valence-corrected chi connectivity index (χ3v) is 4.64. The van der Waals surface area contributed by atoms with Crippen LogP contribution in [0.3, 0.4) is 0 Å². The molecule has 2 nitrogen and oxygen atoms in total. The molecule has 0 unspecified atom stereocenters. The second kappa shape index (κ2) is 7.21. The van der Waals surface area contributed by atoms with Crippen LogP contribution in [0, 0.1) is 23.6 Å². The minimum Gasteiger partial charge on any atom is -0.359 e. The number of nitrogens with one attached hydrogen (secondary N) is 2. The van der Waals surface area contributed by atoms with Crippen LogP contribution < -0.4 is 10.6 Å². The molecule has 0 saturated heterocycles. The van der Waals surface area contributed by atoms with Crippen LogP contribution in [0.5, 0.6) is 0 Å². The van der Waals surface area contributed by atoms with E-state index in [2.05, 4.69) is 31.4 Å². The first kappa shape index (κ1) is 16.2. The molecule has 1 aromatic carbocycles. The summed E-state index contributed by atoms with van der Waals surface area (Å²) in [5.41, 5.74) is 0.692. The molecule has 1 aliphatic carbocycles. The van der Waals surface area contributed by atoms with Crippen molar-refractivity contribution in [2.24, 2.45) is 17.8 Å². The lowest BCUT2D eigenvalue weighted by Gasteiger charge is -2.38. The fourth-order valence-electron chi connectivity index (χ4n) is 3.27. The van der Waals surface area contributed by atoms with Gasteiger partial charge >= 0.3 is 0 Å². The predicted octanol–water partition coefficient (Wildman–Crippen LogP) is 4.57. The van der Waals surface area contributed by atoms with Gasteiger partial charge in [0, 0.05) is 11.7 Å². The van der Waals surface area contributed by atoms with E-state index in [1.165, 1.54) is 25.0 Å². The van der Waals surface area contributed by atoms with Crippen molar-refractivity contribution in [1.29, 1.82) is 0 Å². The monoisotopic (exact) mass is 308 g/mol. The number of benzene rings is 1. The fraction of sp³-hybridized carbons (Fsp3) is 0.588. The minimum atomic E-state index is -0.255. The van der Waals surface area contributed by atoms with Crippen molar-refractivity contribution in [3.05, 3.63) is 30.1 Å². The quantitative estimate of drug-likeness (QED) is 0.800. The molecule has 0 aliphatic heterocycles. The average Bonchev–Trinajstić information content (AvgIpc) is 2.38. The van der Waals surface area contributed by atoms with E-state index in [0.29, 0.717) is 28.7 Å². The van der Waals surface area contributed by atoms with Gasteiger partial charge in [-0.15, -0.1) is 0 Å². The molecular formula is C17H25FN2S. The van der Waals surface area contributed by atoms with Crippen molar-refractivity contribution in [3.63, 3.8) is 0 Å². The van der Waals surface area contributed by atoms with Crippen LogP contribution in [-0.2, 0) is 0 Å². The summed E-state index contributed by atoms with van der Waals surface area (Å²) in [6.45, 7) is 6.85. The maximum atomic E-state index is 13.2. The molecule has 0 radical (unpaired) electrons. The van der Waals surface area contributed by atoms with Gasteiger partial charge in [0.15, 0.2) is 5.11 Å². The Morgan fingerprint density at radius 2 is 2.10 bits per heavy atom. The van der Waals surface area contributed by atoms with E-state index in [9.17, 15) is 4.39 Å². The Hall–Kier alpha value is -1.16. The molecule has 0 bridgehead atoms. The van der Waals surface area contributed by atoms with Gasteiger partial charge in [-0.2, -0.15) is 0 Å². The number of hydrogen-bond donors (Lipinski definition) is 2. The van der Waals surface area contributed by atoms with Crippen LogP contribution in [0.15, 0.2) is 24.3 Å². The molecule has 0 amide bonds. The lowest BCUT2D eigenvalue weighted by atomic mass is 9.74. The van der Waals surface area contributed by atoms with Gasteiger partial charge in [0.05, 0.1) is 0 Å². The summed E-state index contributed by atoms with van der Waals surface area (Å²) in [7, 11) is 0. The Labute approximate surface area is 132 Å². The molecule has 1 aromatic rings. The fourth-order valence-corrected chi connectivity index (χ4v) is 3.54. The highest BCUT2D eigenvalue weighted by Gasteiger charge is 2.30. The van der Waals surface area contributed by atoms with Gasteiger partial charge in [-0.05, 0) is 61.0 Å². The number of hydrogen-bond acceptors (Lipinski definition) is 1. The van der Waals surface area contributed by atoms with Gasteiger partial charge in [-0.3, -0.25) is 0 Å². The van der Waals surface area contributed by atoms with Crippen molar-refractivity contribution in [1.82, 2.24) is 5.32 Å². The topological polar surface area (TPSA) is 24.1 Å². The van der Waals surface area contributed by atoms with Crippen molar-refractivity contribution >= 4 is 23.0 Å². The summed E-state index contributed by atoms with van der Waals surface area (Å²) in [6, 6.07) is 6.79. The smallest absolute Gasteiger partial charge is 0.171 e. The number of thiocarbonyl (C=S) groups is 1. The molecule has 21 heavy (non-hydrogen) atoms. The third-order valence-electron chi connectivity index (χ3n) is 4.42. The molecule has 0 spiro atoms. The number of rotatable bonds is 3. The first-order valence-electron chi connectivity index (χ1n) is 7.78. The molecular weight excluding hydrogens is 283 g/mol. The third kappa shape index (κ3) is 4.67. The second-order valence-electron chi connectivity index (χ2n) is 6.54. The average molecular weight is 308 g/mol. The summed E-state index contributed by atoms with van der Waals surface area (Å²) in [5.74, 6) is 1.77. The molecule has 0 heterocycles. The zero-order valence-electron chi connectivity index (χ0n) is 13.0. The van der Waals surface area contributed by atoms with Crippen molar-refractivity contribution in [3.8, 4) is 0 Å². The van der Waals surface area contributed by atoms with Gasteiger partial charge in [0.25, 0.3) is 0 Å². The van der Waals surface area contributed by atoms with E-state index in [1.54, 1.807) is 6.07 Å². The number of anilines is 1. The summed E-state index contributed by atoms with van der Waals surface area (Å²) in [5, 5.41) is 7.12. The first-order valence-corrected chi connectivity index (χ1v) is 8.19. The normalized spacial score (nSPS) is 25.7. The maximum Gasteiger partial charge on any atom is 0.171 e. The first-order chi connectivity index (χ1) is 9.95. The van der Waals surface area contributed by atoms with Crippen LogP contribution in [0.2, 0.25) is 0 Å². The maximum absolute atomic E-state index is 13.2. The van der Waals surface area contributed by atoms with E-state index in [0.717, 1.165) is 12.3 Å². The molecule has 2 rings (SSSR count). The Bertz CT molecular complexity index is 489. The molecule has 1 fully saturated rings. The zero-order chi connectivity index (χ0) is 15.4. The molecule has 1 saturated carbocycles. The molecule has 2 N–H and O–H groups in total. The van der Waals surface area contributed by atoms with E-state index >= 15 is 0 Å². The number of halogens is 1. The molecule has 0 aromatic heterocycles. The SMILES string of the molecule is CC(C)[C@@H]1CC[C@H](C)C[C@@H]1NC(=S)Nc1cccc(F)c1. The second-order valence-corrected chi connectivity index (χ2v) is 6.95. The molecule has 116 valence electrons. The van der Waals surface area contributed by atoms with Gasteiger partial charge < -0.3 is 10.6 Å². The van der Waals surface area contributed by atoms with Crippen molar-refractivity contribution in [2.45, 2.75) is 46.1 Å². The van der Waals surface area contributed by atoms with E-state index in [-0.39, 0.29) is 5.82 Å². The Kier molecular flexibility index (Phi) is 5.57. The lowest BCUT2D eigenvalue weighted by Crippen LogP contribution is -2.47. The van der Waals surface area contributed by atoms with Gasteiger partial charge in [-0.1, -0.05) is 33.3 Å². The molecule has 4 heteroatoms. The van der Waals surface area contributed by atoms with Crippen LogP contribution in [0.4, 0.5) is 10.1 Å². The predicted molar refractivity (Wildman–Crippen MR) is 90.9 cm³/mol.